The fourth-order valence-corrected chi connectivity index (χ4v) is 4.34. The van der Waals surface area contributed by atoms with Gasteiger partial charge in [0.2, 0.25) is 11.8 Å². The normalized spacial score (nSPS) is 12.2. The van der Waals surface area contributed by atoms with Crippen molar-refractivity contribution in [1.29, 1.82) is 0 Å². The molecule has 3 aromatic heterocycles. The summed E-state index contributed by atoms with van der Waals surface area (Å²) >= 11 is 4.00. The molecule has 0 aliphatic heterocycles. The fraction of sp³-hybridized carbons (Fsp3) is 0.267. The number of carbonyl (C=O) groups excluding carboxylic acids is 2. The first-order valence-corrected chi connectivity index (χ1v) is 10.3. The molecule has 1 atom stereocenters. The van der Waals surface area contributed by atoms with Crippen LogP contribution in [-0.2, 0) is 21.8 Å². The number of aromatic nitrogens is 3. The van der Waals surface area contributed by atoms with Crippen LogP contribution in [0.25, 0.3) is 10.2 Å². The van der Waals surface area contributed by atoms with Gasteiger partial charge in [-0.05, 0) is 18.4 Å². The fourth-order valence-electron chi connectivity index (χ4n) is 2.09. The number of amides is 2. The van der Waals surface area contributed by atoms with Gasteiger partial charge >= 0.3 is 0 Å². The van der Waals surface area contributed by atoms with Gasteiger partial charge in [0.05, 0.1) is 28.5 Å². The number of H-pyrrole nitrogens is 1. The number of hydrogen-bond donors (Lipinski definition) is 3. The highest BCUT2D eigenvalue weighted by Crippen LogP contribution is 2.21. The molecule has 0 fully saturated rings. The first-order chi connectivity index (χ1) is 12.4. The zero-order valence-electron chi connectivity index (χ0n) is 13.6. The van der Waals surface area contributed by atoms with E-state index in [0.29, 0.717) is 32.6 Å². The van der Waals surface area contributed by atoms with E-state index in [1.165, 1.54) is 34.4 Å². The van der Waals surface area contributed by atoms with E-state index in [4.69, 9.17) is 5.73 Å². The Bertz CT molecular complexity index is 1010. The number of aromatic amines is 1. The van der Waals surface area contributed by atoms with Crippen LogP contribution in [0.4, 0.5) is 5.13 Å². The van der Waals surface area contributed by atoms with Gasteiger partial charge in [-0.3, -0.25) is 14.4 Å². The van der Waals surface area contributed by atoms with Gasteiger partial charge < -0.3 is 16.0 Å². The topological polar surface area (TPSA) is 131 Å². The van der Waals surface area contributed by atoms with E-state index in [9.17, 15) is 14.4 Å². The van der Waals surface area contributed by atoms with E-state index < -0.39 is 5.91 Å². The van der Waals surface area contributed by atoms with Gasteiger partial charge in [-0.2, -0.15) is 0 Å². The quantitative estimate of drug-likeness (QED) is 0.545. The van der Waals surface area contributed by atoms with Crippen molar-refractivity contribution < 1.29 is 9.59 Å². The number of nitrogens with one attached hydrogen (secondary N) is 2. The van der Waals surface area contributed by atoms with Crippen LogP contribution in [0, 0.1) is 0 Å². The Kier molecular flexibility index (Phi) is 5.69. The number of hydrogen-bond acceptors (Lipinski definition) is 8. The third-order valence-corrected chi connectivity index (χ3v) is 6.13. The number of thiazole rings is 1. The largest absolute Gasteiger partial charge is 0.369 e. The van der Waals surface area contributed by atoms with E-state index in [-0.39, 0.29) is 23.1 Å². The van der Waals surface area contributed by atoms with Gasteiger partial charge in [-0.15, -0.1) is 34.4 Å². The van der Waals surface area contributed by atoms with Crippen LogP contribution >= 0.6 is 34.4 Å². The van der Waals surface area contributed by atoms with Crippen molar-refractivity contribution in [1.82, 2.24) is 15.0 Å². The number of nitrogens with zero attached hydrogens (tertiary/aromatic N) is 2. The highest BCUT2D eigenvalue weighted by atomic mass is 32.2. The van der Waals surface area contributed by atoms with Crippen LogP contribution in [0.5, 0.6) is 0 Å². The number of thioether (sulfide) groups is 1. The van der Waals surface area contributed by atoms with Crippen LogP contribution in [0.2, 0.25) is 0 Å². The molecule has 0 aromatic carbocycles. The number of nitrogens with two attached hydrogens (primary N) is 1. The molecule has 0 saturated heterocycles. The molecule has 8 nitrogen and oxygen atoms in total. The van der Waals surface area contributed by atoms with Crippen molar-refractivity contribution in [3.05, 3.63) is 38.7 Å². The molecular weight excluding hydrogens is 394 g/mol. The van der Waals surface area contributed by atoms with Crippen molar-refractivity contribution in [2.75, 3.05) is 5.32 Å². The molecule has 4 N–H and O–H groups in total. The maximum Gasteiger partial charge on any atom is 0.259 e. The molecule has 0 spiro atoms. The van der Waals surface area contributed by atoms with Gasteiger partial charge in [0.25, 0.3) is 5.56 Å². The minimum absolute atomic E-state index is 0.0426. The van der Waals surface area contributed by atoms with Gasteiger partial charge in [-0.25, -0.2) is 9.97 Å². The third kappa shape index (κ3) is 4.48. The zero-order valence-corrected chi connectivity index (χ0v) is 16.1. The number of carbonyl (C=O) groups is 2. The Labute approximate surface area is 160 Å². The number of fused-ring (bicyclic) bond motifs is 1. The molecule has 3 aromatic rings. The Hall–Kier alpha value is -2.24. The van der Waals surface area contributed by atoms with E-state index in [1.54, 1.807) is 18.4 Å². The highest BCUT2D eigenvalue weighted by Gasteiger charge is 2.16. The maximum atomic E-state index is 12.3. The third-order valence-electron chi connectivity index (χ3n) is 3.36. The summed E-state index contributed by atoms with van der Waals surface area (Å²) in [5.41, 5.74) is 5.48. The monoisotopic (exact) mass is 409 g/mol. The highest BCUT2D eigenvalue weighted by molar-refractivity contribution is 7.99. The Morgan fingerprint density at radius 3 is 2.96 bits per heavy atom. The lowest BCUT2D eigenvalue weighted by molar-refractivity contribution is -0.117. The van der Waals surface area contributed by atoms with Gasteiger partial charge in [-0.1, -0.05) is 0 Å². The molecule has 1 unspecified atom stereocenters. The van der Waals surface area contributed by atoms with Crippen molar-refractivity contribution in [3.63, 3.8) is 0 Å². The van der Waals surface area contributed by atoms with E-state index in [2.05, 4.69) is 20.3 Å². The summed E-state index contributed by atoms with van der Waals surface area (Å²) in [6, 6.07) is 1.74. The molecule has 3 heterocycles. The van der Waals surface area contributed by atoms with E-state index >= 15 is 0 Å². The second-order valence-corrected chi connectivity index (χ2v) is 8.46. The minimum Gasteiger partial charge on any atom is -0.369 e. The second-order valence-electron chi connectivity index (χ2n) is 5.38. The lowest BCUT2D eigenvalue weighted by atomic mass is 10.3. The van der Waals surface area contributed by atoms with Gasteiger partial charge in [0.1, 0.15) is 10.7 Å². The molecule has 0 aliphatic carbocycles. The molecule has 3 rings (SSSR count). The van der Waals surface area contributed by atoms with Crippen molar-refractivity contribution in [2.24, 2.45) is 5.73 Å². The SMILES string of the molecule is CC(SCc1nc2sccc2c(=O)[nH]1)C(=O)Nc1nc(CC(N)=O)cs1. The second kappa shape index (κ2) is 7.98. The van der Waals surface area contributed by atoms with Crippen molar-refractivity contribution >= 4 is 61.6 Å². The lowest BCUT2D eigenvalue weighted by Gasteiger charge is -2.10. The standard InChI is InChI=1S/C15H15N5O3S3/c1-7(12(22)20-15-17-8(5-26-15)4-10(16)21)25-6-11-18-13(23)9-2-3-24-14(9)19-11/h2-3,5,7H,4,6H2,1H3,(H2,16,21)(H,17,20,22)(H,18,19,23). The summed E-state index contributed by atoms with van der Waals surface area (Å²) in [6.45, 7) is 1.76. The summed E-state index contributed by atoms with van der Waals surface area (Å²) in [4.78, 5) is 47.0. The minimum atomic E-state index is -0.471. The van der Waals surface area contributed by atoms with Gasteiger partial charge in [0.15, 0.2) is 5.13 Å². The van der Waals surface area contributed by atoms with Crippen LogP contribution < -0.4 is 16.6 Å². The van der Waals surface area contributed by atoms with Crippen LogP contribution in [0.1, 0.15) is 18.4 Å². The molecule has 11 heteroatoms. The summed E-state index contributed by atoms with van der Waals surface area (Å²) in [5.74, 6) is 0.256. The predicted octanol–water partition coefficient (Wildman–Crippen LogP) is 1.73. The number of rotatable bonds is 7. The molecule has 26 heavy (non-hydrogen) atoms. The molecule has 0 saturated carbocycles. The molecular formula is C15H15N5O3S3. The molecule has 0 radical (unpaired) electrons. The van der Waals surface area contributed by atoms with E-state index in [0.717, 1.165) is 0 Å². The average molecular weight is 410 g/mol. The average Bonchev–Trinajstić information content (AvgIpc) is 3.21. The summed E-state index contributed by atoms with van der Waals surface area (Å²) in [6.07, 6.45) is 0.0426. The smallest absolute Gasteiger partial charge is 0.259 e. The zero-order chi connectivity index (χ0) is 18.7. The van der Waals surface area contributed by atoms with E-state index in [1.807, 2.05) is 5.38 Å². The number of thiophene rings is 1. The predicted molar refractivity (Wildman–Crippen MR) is 105 cm³/mol. The van der Waals surface area contributed by atoms with Crippen LogP contribution in [0.3, 0.4) is 0 Å². The first kappa shape index (κ1) is 18.5. The molecule has 136 valence electrons. The van der Waals surface area contributed by atoms with Crippen LogP contribution in [-0.4, -0.2) is 32.0 Å². The lowest BCUT2D eigenvalue weighted by Crippen LogP contribution is -2.23. The number of anilines is 1. The molecule has 0 bridgehead atoms. The molecule has 0 aliphatic rings. The summed E-state index contributed by atoms with van der Waals surface area (Å²) in [7, 11) is 0. The Morgan fingerprint density at radius 2 is 2.19 bits per heavy atom. The summed E-state index contributed by atoms with van der Waals surface area (Å²) < 4.78 is 0. The first-order valence-electron chi connectivity index (χ1n) is 7.54. The van der Waals surface area contributed by atoms with Gasteiger partial charge in [0, 0.05) is 5.38 Å². The summed E-state index contributed by atoms with van der Waals surface area (Å²) in [5, 5.41) is 6.84. The van der Waals surface area contributed by atoms with Crippen molar-refractivity contribution in [3.8, 4) is 0 Å². The Balaban J connectivity index is 1.57. The Morgan fingerprint density at radius 1 is 1.38 bits per heavy atom. The maximum absolute atomic E-state index is 12.3. The molecule has 2 amide bonds. The van der Waals surface area contributed by atoms with Crippen LogP contribution in [0.15, 0.2) is 21.6 Å². The van der Waals surface area contributed by atoms with Crippen molar-refractivity contribution in [2.45, 2.75) is 24.3 Å². The number of primary amides is 1.